The summed E-state index contributed by atoms with van der Waals surface area (Å²) in [5, 5.41) is 19.7. The van der Waals surface area contributed by atoms with Crippen molar-refractivity contribution in [3.63, 3.8) is 0 Å². The number of hydrogen-bond donors (Lipinski definition) is 1. The molecule has 1 unspecified atom stereocenters. The maximum Gasteiger partial charge on any atom is 0.261 e. The Labute approximate surface area is 133 Å². The fourth-order valence-electron chi connectivity index (χ4n) is 2.54. The largest absolute Gasteiger partial charge is 0.387 e. The quantitative estimate of drug-likeness (QED) is 0.805. The lowest BCUT2D eigenvalue weighted by atomic mass is 10.1. The van der Waals surface area contributed by atoms with Crippen molar-refractivity contribution in [2.24, 2.45) is 0 Å². The lowest BCUT2D eigenvalue weighted by Crippen LogP contribution is -2.24. The molecule has 0 aliphatic heterocycles. The number of rotatable bonds is 3. The minimum absolute atomic E-state index is 0.113. The SMILES string of the molecule is Cc1cccc2c(=O)n(CC(O)c3ccc(C#N)cc3)cnc12. The first-order chi connectivity index (χ1) is 11.1. The Morgan fingerprint density at radius 1 is 1.26 bits per heavy atom. The second-order valence-electron chi connectivity index (χ2n) is 5.42. The van der Waals surface area contributed by atoms with Crippen LogP contribution in [0.15, 0.2) is 53.6 Å². The summed E-state index contributed by atoms with van der Waals surface area (Å²) in [6.45, 7) is 2.02. The van der Waals surface area contributed by atoms with Crippen molar-refractivity contribution in [3.8, 4) is 6.07 Å². The second-order valence-corrected chi connectivity index (χ2v) is 5.42. The van der Waals surface area contributed by atoms with Gasteiger partial charge in [-0.3, -0.25) is 9.36 Å². The van der Waals surface area contributed by atoms with Gasteiger partial charge < -0.3 is 5.11 Å². The van der Waals surface area contributed by atoms with Gasteiger partial charge in [-0.1, -0.05) is 24.3 Å². The number of aryl methyl sites for hydroxylation is 1. The molecule has 0 saturated carbocycles. The number of nitriles is 1. The summed E-state index contributed by atoms with van der Waals surface area (Å²) in [6, 6.07) is 14.2. The van der Waals surface area contributed by atoms with E-state index in [0.29, 0.717) is 22.0 Å². The van der Waals surface area contributed by atoms with Crippen molar-refractivity contribution in [2.75, 3.05) is 0 Å². The van der Waals surface area contributed by atoms with E-state index in [-0.39, 0.29) is 12.1 Å². The Morgan fingerprint density at radius 2 is 2.00 bits per heavy atom. The minimum Gasteiger partial charge on any atom is -0.387 e. The third kappa shape index (κ3) is 2.85. The van der Waals surface area contributed by atoms with Gasteiger partial charge in [0.2, 0.25) is 0 Å². The van der Waals surface area contributed by atoms with Crippen LogP contribution in [-0.4, -0.2) is 14.7 Å². The lowest BCUT2D eigenvalue weighted by Gasteiger charge is -2.13. The predicted octanol–water partition coefficient (Wildman–Crippen LogP) is 2.31. The molecule has 0 fully saturated rings. The topological polar surface area (TPSA) is 78.9 Å². The summed E-state index contributed by atoms with van der Waals surface area (Å²) in [7, 11) is 0. The van der Waals surface area contributed by atoms with Crippen LogP contribution < -0.4 is 5.56 Å². The molecule has 0 bridgehead atoms. The van der Waals surface area contributed by atoms with Crippen molar-refractivity contribution in [1.29, 1.82) is 5.26 Å². The number of para-hydroxylation sites is 1. The highest BCUT2D eigenvalue weighted by atomic mass is 16.3. The number of benzene rings is 2. The van der Waals surface area contributed by atoms with E-state index in [2.05, 4.69) is 4.98 Å². The van der Waals surface area contributed by atoms with Gasteiger partial charge in [0.15, 0.2) is 0 Å². The molecule has 1 atom stereocenters. The molecule has 0 amide bonds. The number of aliphatic hydroxyl groups excluding tert-OH is 1. The van der Waals surface area contributed by atoms with Crippen LogP contribution in [0.2, 0.25) is 0 Å². The molecule has 5 nitrogen and oxygen atoms in total. The van der Waals surface area contributed by atoms with Crippen molar-refractivity contribution < 1.29 is 5.11 Å². The molecule has 2 aromatic carbocycles. The summed E-state index contributed by atoms with van der Waals surface area (Å²) in [4.78, 5) is 16.8. The number of nitrogens with zero attached hydrogens (tertiary/aromatic N) is 3. The molecule has 0 spiro atoms. The van der Waals surface area contributed by atoms with Gasteiger partial charge in [-0.2, -0.15) is 5.26 Å². The van der Waals surface area contributed by atoms with Crippen molar-refractivity contribution in [2.45, 2.75) is 19.6 Å². The van der Waals surface area contributed by atoms with Gasteiger partial charge in [0, 0.05) is 0 Å². The molecule has 3 aromatic rings. The Kier molecular flexibility index (Phi) is 3.92. The summed E-state index contributed by atoms with van der Waals surface area (Å²) in [6.07, 6.45) is 0.620. The summed E-state index contributed by atoms with van der Waals surface area (Å²) in [5.41, 5.74) is 2.63. The first-order valence-corrected chi connectivity index (χ1v) is 7.23. The highest BCUT2D eigenvalue weighted by Gasteiger charge is 2.12. The van der Waals surface area contributed by atoms with E-state index in [1.165, 1.54) is 10.9 Å². The van der Waals surface area contributed by atoms with Crippen LogP contribution >= 0.6 is 0 Å². The summed E-state index contributed by atoms with van der Waals surface area (Å²) < 4.78 is 1.41. The van der Waals surface area contributed by atoms with Gasteiger partial charge in [-0.05, 0) is 36.2 Å². The maximum atomic E-state index is 12.5. The van der Waals surface area contributed by atoms with Crippen LogP contribution in [0, 0.1) is 18.3 Å². The molecule has 3 rings (SSSR count). The molecule has 5 heteroatoms. The van der Waals surface area contributed by atoms with E-state index in [1.807, 2.05) is 25.1 Å². The number of aromatic nitrogens is 2. The highest BCUT2D eigenvalue weighted by molar-refractivity contribution is 5.80. The molecular formula is C18H15N3O2. The lowest BCUT2D eigenvalue weighted by molar-refractivity contribution is 0.155. The molecule has 23 heavy (non-hydrogen) atoms. The Hall–Kier alpha value is -2.97. The van der Waals surface area contributed by atoms with Crippen molar-refractivity contribution >= 4 is 10.9 Å². The standard InChI is InChI=1S/C18H15N3O2/c1-12-3-2-4-15-17(12)20-11-21(18(15)23)10-16(22)14-7-5-13(9-19)6-8-14/h2-8,11,16,22H,10H2,1H3. The fourth-order valence-corrected chi connectivity index (χ4v) is 2.54. The first-order valence-electron chi connectivity index (χ1n) is 7.23. The smallest absolute Gasteiger partial charge is 0.261 e. The van der Waals surface area contributed by atoms with E-state index < -0.39 is 6.10 Å². The zero-order valence-corrected chi connectivity index (χ0v) is 12.6. The third-order valence-corrected chi connectivity index (χ3v) is 3.85. The number of aliphatic hydroxyl groups is 1. The van der Waals surface area contributed by atoms with Crippen LogP contribution in [0.3, 0.4) is 0 Å². The van der Waals surface area contributed by atoms with Crippen molar-refractivity contribution in [1.82, 2.24) is 9.55 Å². The minimum atomic E-state index is -0.843. The molecule has 0 saturated heterocycles. The Bertz CT molecular complexity index is 953. The molecule has 0 aliphatic rings. The summed E-state index contributed by atoms with van der Waals surface area (Å²) >= 11 is 0. The second kappa shape index (κ2) is 6.03. The van der Waals surface area contributed by atoms with E-state index in [0.717, 1.165) is 5.56 Å². The van der Waals surface area contributed by atoms with Crippen LogP contribution in [0.25, 0.3) is 10.9 Å². The van der Waals surface area contributed by atoms with Gasteiger partial charge in [0.25, 0.3) is 5.56 Å². The average molecular weight is 305 g/mol. The molecule has 1 heterocycles. The Morgan fingerprint density at radius 3 is 2.70 bits per heavy atom. The molecule has 1 aromatic heterocycles. The number of hydrogen-bond acceptors (Lipinski definition) is 4. The van der Waals surface area contributed by atoms with Gasteiger partial charge in [0.05, 0.1) is 41.5 Å². The molecular weight excluding hydrogens is 290 g/mol. The normalized spacial score (nSPS) is 12.0. The molecule has 0 aliphatic carbocycles. The third-order valence-electron chi connectivity index (χ3n) is 3.85. The van der Waals surface area contributed by atoms with Crippen molar-refractivity contribution in [3.05, 3.63) is 75.8 Å². The van der Waals surface area contributed by atoms with E-state index in [4.69, 9.17) is 5.26 Å². The van der Waals surface area contributed by atoms with E-state index >= 15 is 0 Å². The fraction of sp³-hybridized carbons (Fsp3) is 0.167. The molecule has 0 radical (unpaired) electrons. The van der Waals surface area contributed by atoms with Crippen LogP contribution in [-0.2, 0) is 6.54 Å². The zero-order chi connectivity index (χ0) is 16.4. The molecule has 1 N–H and O–H groups in total. The maximum absolute atomic E-state index is 12.5. The van der Waals surface area contributed by atoms with Crippen LogP contribution in [0.4, 0.5) is 0 Å². The van der Waals surface area contributed by atoms with E-state index in [9.17, 15) is 9.90 Å². The predicted molar refractivity (Wildman–Crippen MR) is 86.9 cm³/mol. The van der Waals surface area contributed by atoms with Gasteiger partial charge in [0.1, 0.15) is 0 Å². The first kappa shape index (κ1) is 14.9. The highest BCUT2D eigenvalue weighted by Crippen LogP contribution is 2.16. The zero-order valence-electron chi connectivity index (χ0n) is 12.6. The Balaban J connectivity index is 1.93. The van der Waals surface area contributed by atoms with Gasteiger partial charge >= 0.3 is 0 Å². The van der Waals surface area contributed by atoms with Crippen LogP contribution in [0.5, 0.6) is 0 Å². The van der Waals surface area contributed by atoms with Crippen LogP contribution in [0.1, 0.15) is 22.8 Å². The molecule has 114 valence electrons. The van der Waals surface area contributed by atoms with Gasteiger partial charge in [-0.25, -0.2) is 4.98 Å². The summed E-state index contributed by atoms with van der Waals surface area (Å²) in [5.74, 6) is 0. The van der Waals surface area contributed by atoms with E-state index in [1.54, 1.807) is 30.3 Å². The van der Waals surface area contributed by atoms with Gasteiger partial charge in [-0.15, -0.1) is 0 Å². The monoisotopic (exact) mass is 305 g/mol. The average Bonchev–Trinajstić information content (AvgIpc) is 2.58. The number of fused-ring (bicyclic) bond motifs is 1.